The molecular weight excluding hydrogens is 596 g/mol. The van der Waals surface area contributed by atoms with Crippen LogP contribution in [0.15, 0.2) is 72.8 Å². The molecular formula is C38H48N2O7. The Morgan fingerprint density at radius 3 is 2.30 bits per heavy atom. The van der Waals surface area contributed by atoms with Crippen LogP contribution in [0, 0.1) is 0 Å². The predicted octanol–water partition coefficient (Wildman–Crippen LogP) is 5.89. The highest BCUT2D eigenvalue weighted by Gasteiger charge is 2.35. The van der Waals surface area contributed by atoms with E-state index < -0.39 is 12.3 Å². The van der Waals surface area contributed by atoms with E-state index in [9.17, 15) is 19.8 Å². The van der Waals surface area contributed by atoms with Crippen molar-refractivity contribution < 1.29 is 34.4 Å². The first-order chi connectivity index (χ1) is 22.9. The predicted molar refractivity (Wildman–Crippen MR) is 179 cm³/mol. The van der Waals surface area contributed by atoms with Gasteiger partial charge in [0.1, 0.15) is 0 Å². The zero-order valence-electron chi connectivity index (χ0n) is 27.1. The van der Waals surface area contributed by atoms with Crippen LogP contribution in [0.4, 0.5) is 0 Å². The number of carbonyl (C=O) groups is 2. The molecule has 2 heterocycles. The van der Waals surface area contributed by atoms with Crippen LogP contribution in [0.25, 0.3) is 11.1 Å². The monoisotopic (exact) mass is 644 g/mol. The second kappa shape index (κ2) is 17.5. The lowest BCUT2D eigenvalue weighted by Gasteiger charge is -2.38. The van der Waals surface area contributed by atoms with Gasteiger partial charge in [-0.25, -0.2) is 0 Å². The van der Waals surface area contributed by atoms with Crippen LogP contribution >= 0.6 is 0 Å². The molecule has 2 aliphatic rings. The van der Waals surface area contributed by atoms with Gasteiger partial charge in [0.2, 0.25) is 5.91 Å². The fourth-order valence-electron chi connectivity index (χ4n) is 6.53. The van der Waals surface area contributed by atoms with Crippen molar-refractivity contribution >= 4 is 11.9 Å². The van der Waals surface area contributed by atoms with Crippen LogP contribution in [0.3, 0.4) is 0 Å². The minimum absolute atomic E-state index is 0.000383. The van der Waals surface area contributed by atoms with Crippen molar-refractivity contribution in [1.29, 1.82) is 0 Å². The standard InChI is InChI=1S/C38H48N2O7/c41-25-27-12-14-30(15-13-27)35-22-34(24-40-20-6-9-33(40)26-42)46-38(47-35)31-18-16-29(17-19-31)32-8-5-7-28(21-32)23-39-36(43)10-3-1-2-4-11-37(44)45/h5,7-8,12-19,21,33-35,38,41-42H,1-4,6,9-11,20,22-26H2,(H,39,43)(H,44,45)/t33-,34-,35+,38+/m0/s1. The molecule has 5 rings (SSSR count). The molecule has 1 amide bonds. The van der Waals surface area contributed by atoms with Crippen LogP contribution in [-0.2, 0) is 32.2 Å². The van der Waals surface area contributed by atoms with Gasteiger partial charge in [0, 0.05) is 44.0 Å². The lowest BCUT2D eigenvalue weighted by Crippen LogP contribution is -2.42. The van der Waals surface area contributed by atoms with Gasteiger partial charge in [-0.3, -0.25) is 14.5 Å². The first kappa shape index (κ1) is 34.7. The molecule has 47 heavy (non-hydrogen) atoms. The number of aliphatic hydroxyl groups is 2. The zero-order valence-corrected chi connectivity index (χ0v) is 27.1. The Kier molecular flexibility index (Phi) is 12.9. The fourth-order valence-corrected chi connectivity index (χ4v) is 6.53. The first-order valence-electron chi connectivity index (χ1n) is 16.9. The largest absolute Gasteiger partial charge is 0.481 e. The van der Waals surface area contributed by atoms with E-state index in [1.165, 1.54) is 0 Å². The van der Waals surface area contributed by atoms with Gasteiger partial charge in [-0.1, -0.05) is 79.6 Å². The Morgan fingerprint density at radius 2 is 1.57 bits per heavy atom. The number of hydrogen-bond donors (Lipinski definition) is 4. The molecule has 2 saturated heterocycles. The summed E-state index contributed by atoms with van der Waals surface area (Å²) in [4.78, 5) is 25.3. The maximum Gasteiger partial charge on any atom is 0.303 e. The Bertz CT molecular complexity index is 1430. The molecule has 0 radical (unpaired) electrons. The van der Waals surface area contributed by atoms with Crippen LogP contribution in [0.2, 0.25) is 0 Å². The molecule has 2 aliphatic heterocycles. The third kappa shape index (κ3) is 10.2. The smallest absolute Gasteiger partial charge is 0.303 e. The summed E-state index contributed by atoms with van der Waals surface area (Å²) in [7, 11) is 0. The summed E-state index contributed by atoms with van der Waals surface area (Å²) >= 11 is 0. The molecule has 252 valence electrons. The molecule has 0 aromatic heterocycles. The summed E-state index contributed by atoms with van der Waals surface area (Å²) in [6.45, 7) is 2.31. The van der Waals surface area contributed by atoms with Gasteiger partial charge in [-0.2, -0.15) is 0 Å². The quantitative estimate of drug-likeness (QED) is 0.142. The molecule has 4 N–H and O–H groups in total. The minimum Gasteiger partial charge on any atom is -0.481 e. The average molecular weight is 645 g/mol. The van der Waals surface area contributed by atoms with Crippen LogP contribution in [-0.4, -0.2) is 63.9 Å². The third-order valence-electron chi connectivity index (χ3n) is 9.24. The minimum atomic E-state index is -0.774. The SMILES string of the molecule is O=C(O)CCCCCCC(=O)NCc1cccc(-c2ccc([C@@H]3O[C@H](CN4CCC[C@H]4CO)C[C@H](c4ccc(CO)cc4)O3)cc2)c1. The van der Waals surface area contributed by atoms with Gasteiger partial charge in [0.15, 0.2) is 6.29 Å². The fraction of sp³-hybridized carbons (Fsp3) is 0.474. The maximum atomic E-state index is 12.3. The van der Waals surface area contributed by atoms with Gasteiger partial charge in [-0.15, -0.1) is 0 Å². The highest BCUT2D eigenvalue weighted by atomic mass is 16.7. The summed E-state index contributed by atoms with van der Waals surface area (Å²) in [5.41, 5.74) is 5.96. The second-order valence-electron chi connectivity index (χ2n) is 12.7. The van der Waals surface area contributed by atoms with Crippen molar-refractivity contribution in [2.75, 3.05) is 19.7 Å². The summed E-state index contributed by atoms with van der Waals surface area (Å²) < 4.78 is 13.1. The van der Waals surface area contributed by atoms with Crippen LogP contribution in [0.1, 0.15) is 92.4 Å². The van der Waals surface area contributed by atoms with Gasteiger partial charge in [0.25, 0.3) is 0 Å². The Labute approximate surface area is 277 Å². The Balaban J connectivity index is 1.20. The number of carbonyl (C=O) groups excluding carboxylic acids is 1. The van der Waals surface area contributed by atoms with Gasteiger partial charge < -0.3 is 30.1 Å². The number of nitrogens with zero attached hydrogens (tertiary/aromatic N) is 1. The summed E-state index contributed by atoms with van der Waals surface area (Å²) in [6, 6.07) is 24.5. The molecule has 2 fully saturated rings. The lowest BCUT2D eigenvalue weighted by molar-refractivity contribution is -0.253. The number of amides is 1. The van der Waals surface area contributed by atoms with Crippen molar-refractivity contribution in [3.05, 3.63) is 95.1 Å². The number of aliphatic carboxylic acids is 1. The van der Waals surface area contributed by atoms with E-state index in [0.29, 0.717) is 25.8 Å². The highest BCUT2D eigenvalue weighted by molar-refractivity contribution is 5.76. The molecule has 0 unspecified atom stereocenters. The first-order valence-corrected chi connectivity index (χ1v) is 16.9. The molecule has 0 spiro atoms. The van der Waals surface area contributed by atoms with Crippen LogP contribution < -0.4 is 5.32 Å². The third-order valence-corrected chi connectivity index (χ3v) is 9.24. The normalized spacial score (nSPS) is 21.5. The number of benzene rings is 3. The van der Waals surface area contributed by atoms with Gasteiger partial charge in [0.05, 0.1) is 25.4 Å². The summed E-state index contributed by atoms with van der Waals surface area (Å²) in [6.07, 6.45) is 5.72. The number of aliphatic hydroxyl groups excluding tert-OH is 2. The Hall–Kier alpha value is -3.60. The van der Waals surface area contributed by atoms with E-state index in [1.807, 2.05) is 48.5 Å². The van der Waals surface area contributed by atoms with Gasteiger partial charge >= 0.3 is 5.97 Å². The molecule has 3 aromatic rings. The van der Waals surface area contributed by atoms with E-state index in [0.717, 1.165) is 78.6 Å². The number of likely N-dealkylation sites (tertiary alicyclic amines) is 1. The zero-order chi connectivity index (χ0) is 33.0. The number of hydrogen-bond acceptors (Lipinski definition) is 7. The van der Waals surface area contributed by atoms with Crippen molar-refractivity contribution in [3.63, 3.8) is 0 Å². The molecule has 0 aliphatic carbocycles. The van der Waals surface area contributed by atoms with Crippen molar-refractivity contribution in [2.45, 2.75) is 95.5 Å². The molecule has 4 atom stereocenters. The van der Waals surface area contributed by atoms with Crippen LogP contribution in [0.5, 0.6) is 0 Å². The molecule has 9 heteroatoms. The molecule has 0 saturated carbocycles. The molecule has 0 bridgehead atoms. The van der Waals surface area contributed by atoms with E-state index in [4.69, 9.17) is 14.6 Å². The second-order valence-corrected chi connectivity index (χ2v) is 12.7. The van der Waals surface area contributed by atoms with E-state index in [-0.39, 0.29) is 43.8 Å². The number of carboxylic acid groups (broad SMARTS) is 1. The number of rotatable bonds is 16. The number of carboxylic acids is 1. The number of unbranched alkanes of at least 4 members (excludes halogenated alkanes) is 3. The van der Waals surface area contributed by atoms with E-state index >= 15 is 0 Å². The van der Waals surface area contributed by atoms with Crippen molar-refractivity contribution in [1.82, 2.24) is 10.2 Å². The lowest BCUT2D eigenvalue weighted by atomic mass is 9.98. The molecule has 3 aromatic carbocycles. The highest BCUT2D eigenvalue weighted by Crippen LogP contribution is 2.39. The number of nitrogens with one attached hydrogen (secondary N) is 1. The van der Waals surface area contributed by atoms with Crippen molar-refractivity contribution in [2.24, 2.45) is 0 Å². The van der Waals surface area contributed by atoms with E-state index in [1.54, 1.807) is 0 Å². The molecule has 9 nitrogen and oxygen atoms in total. The summed E-state index contributed by atoms with van der Waals surface area (Å²) in [5.74, 6) is -0.772. The summed E-state index contributed by atoms with van der Waals surface area (Å²) in [5, 5.41) is 31.1. The topological polar surface area (TPSA) is 129 Å². The average Bonchev–Trinajstić information content (AvgIpc) is 3.55. The Morgan fingerprint density at radius 1 is 0.830 bits per heavy atom. The number of ether oxygens (including phenoxy) is 2. The van der Waals surface area contributed by atoms with Crippen molar-refractivity contribution in [3.8, 4) is 11.1 Å². The maximum absolute atomic E-state index is 12.3. The van der Waals surface area contributed by atoms with Gasteiger partial charge in [-0.05, 0) is 66.1 Å². The van der Waals surface area contributed by atoms with E-state index in [2.05, 4.69) is 34.5 Å².